The van der Waals surface area contributed by atoms with Gasteiger partial charge in [-0.15, -0.1) is 0 Å². The molecule has 58 valence electrons. The van der Waals surface area contributed by atoms with Gasteiger partial charge >= 0.3 is 5.97 Å². The maximum Gasteiger partial charge on any atom is 0.307 e. The van der Waals surface area contributed by atoms with E-state index in [9.17, 15) is 4.79 Å². The van der Waals surface area contributed by atoms with Gasteiger partial charge in [-0.1, -0.05) is 6.08 Å². The zero-order chi connectivity index (χ0) is 8.10. The van der Waals surface area contributed by atoms with E-state index in [0.29, 0.717) is 0 Å². The third-order valence-corrected chi connectivity index (χ3v) is 1.74. The summed E-state index contributed by atoms with van der Waals surface area (Å²) in [6.07, 6.45) is 5.12. The van der Waals surface area contributed by atoms with Crippen LogP contribution in [0.1, 0.15) is 11.3 Å². The molecule has 0 saturated carbocycles. The minimum atomic E-state index is -0.814. The van der Waals surface area contributed by atoms with Crippen LogP contribution in [0.25, 0.3) is 6.08 Å². The number of carboxylic acids is 1. The molecule has 1 heterocycles. The molecule has 0 spiro atoms. The van der Waals surface area contributed by atoms with Crippen molar-refractivity contribution >= 4 is 23.6 Å². The van der Waals surface area contributed by atoms with Crippen LogP contribution in [0.3, 0.4) is 0 Å². The van der Waals surface area contributed by atoms with Crippen LogP contribution in [-0.2, 0) is 4.79 Å². The van der Waals surface area contributed by atoms with Crippen molar-refractivity contribution in [2.45, 2.75) is 6.42 Å². The van der Waals surface area contributed by atoms with E-state index in [1.54, 1.807) is 18.3 Å². The predicted octanol–water partition coefficient (Wildman–Crippen LogP) is 1.63. The summed E-state index contributed by atoms with van der Waals surface area (Å²) >= 11 is 1.34. The largest absolute Gasteiger partial charge is 0.481 e. The summed E-state index contributed by atoms with van der Waals surface area (Å²) in [6, 6.07) is 1.84. The van der Waals surface area contributed by atoms with E-state index in [1.165, 1.54) is 11.5 Å². The molecule has 1 N–H and O–H groups in total. The summed E-state index contributed by atoms with van der Waals surface area (Å²) in [4.78, 5) is 11.0. The minimum Gasteiger partial charge on any atom is -0.481 e. The molecule has 11 heavy (non-hydrogen) atoms. The number of nitrogens with zero attached hydrogens (tertiary/aromatic N) is 1. The maximum absolute atomic E-state index is 10.1. The third-order valence-electron chi connectivity index (χ3n) is 1.03. The first-order valence-electron chi connectivity index (χ1n) is 3.08. The normalized spacial score (nSPS) is 10.5. The van der Waals surface area contributed by atoms with Gasteiger partial charge in [0.2, 0.25) is 0 Å². The Morgan fingerprint density at radius 1 is 1.82 bits per heavy atom. The Bertz CT molecular complexity index is 253. The second kappa shape index (κ2) is 3.88. The number of hydrogen-bond donors (Lipinski definition) is 1. The van der Waals surface area contributed by atoms with Crippen LogP contribution in [0.4, 0.5) is 0 Å². The molecular weight excluding hydrogens is 162 g/mol. The van der Waals surface area contributed by atoms with Gasteiger partial charge in [-0.25, -0.2) is 4.37 Å². The van der Waals surface area contributed by atoms with E-state index < -0.39 is 5.97 Å². The molecule has 4 heteroatoms. The summed E-state index contributed by atoms with van der Waals surface area (Å²) in [5.41, 5.74) is 0. The zero-order valence-corrected chi connectivity index (χ0v) is 6.54. The van der Waals surface area contributed by atoms with Crippen LogP contribution in [-0.4, -0.2) is 15.4 Å². The molecule has 1 rings (SSSR count). The standard InChI is InChI=1S/C7H7NO2S/c9-7(10)3-1-2-6-4-5-8-11-6/h1-2,4-5H,3H2,(H,9,10). The van der Waals surface area contributed by atoms with Gasteiger partial charge in [0.15, 0.2) is 0 Å². The van der Waals surface area contributed by atoms with Crippen molar-refractivity contribution in [2.24, 2.45) is 0 Å². The lowest BCUT2D eigenvalue weighted by Gasteiger charge is -1.81. The molecular formula is C7H7NO2S. The summed E-state index contributed by atoms with van der Waals surface area (Å²) in [7, 11) is 0. The van der Waals surface area contributed by atoms with Crippen molar-refractivity contribution in [2.75, 3.05) is 0 Å². The first-order valence-corrected chi connectivity index (χ1v) is 3.85. The lowest BCUT2D eigenvalue weighted by Crippen LogP contribution is -1.89. The molecule has 0 bridgehead atoms. The summed E-state index contributed by atoms with van der Waals surface area (Å²) in [5.74, 6) is -0.814. The molecule has 0 unspecified atom stereocenters. The Kier molecular flexibility index (Phi) is 2.80. The Morgan fingerprint density at radius 2 is 2.64 bits per heavy atom. The van der Waals surface area contributed by atoms with Gasteiger partial charge in [-0.3, -0.25) is 4.79 Å². The molecule has 0 aromatic carbocycles. The molecule has 0 amide bonds. The molecule has 1 aromatic rings. The summed E-state index contributed by atoms with van der Waals surface area (Å²) < 4.78 is 3.86. The second-order valence-electron chi connectivity index (χ2n) is 1.92. The lowest BCUT2D eigenvalue weighted by molar-refractivity contribution is -0.135. The minimum absolute atomic E-state index is 0.0674. The third kappa shape index (κ3) is 2.95. The van der Waals surface area contributed by atoms with Gasteiger partial charge in [0, 0.05) is 11.1 Å². The fraction of sp³-hybridized carbons (Fsp3) is 0.143. The number of hydrogen-bond acceptors (Lipinski definition) is 3. The van der Waals surface area contributed by atoms with E-state index in [4.69, 9.17) is 5.11 Å². The number of carbonyl (C=O) groups is 1. The molecule has 0 atom stereocenters. The van der Waals surface area contributed by atoms with E-state index in [-0.39, 0.29) is 6.42 Å². The van der Waals surface area contributed by atoms with Crippen molar-refractivity contribution in [3.63, 3.8) is 0 Å². The highest BCUT2D eigenvalue weighted by Gasteiger charge is 1.90. The van der Waals surface area contributed by atoms with E-state index in [1.807, 2.05) is 6.07 Å². The van der Waals surface area contributed by atoms with Gasteiger partial charge in [0.05, 0.1) is 6.42 Å². The van der Waals surface area contributed by atoms with Gasteiger partial charge in [0.25, 0.3) is 0 Å². The van der Waals surface area contributed by atoms with Crippen LogP contribution in [0.15, 0.2) is 18.3 Å². The van der Waals surface area contributed by atoms with Crippen LogP contribution in [0.5, 0.6) is 0 Å². The fourth-order valence-electron chi connectivity index (χ4n) is 0.587. The molecule has 0 aliphatic rings. The quantitative estimate of drug-likeness (QED) is 0.748. The average molecular weight is 169 g/mol. The van der Waals surface area contributed by atoms with Gasteiger partial charge < -0.3 is 5.11 Å². The van der Waals surface area contributed by atoms with E-state index in [0.717, 1.165) is 4.88 Å². The topological polar surface area (TPSA) is 50.2 Å². The lowest BCUT2D eigenvalue weighted by atomic mass is 10.3. The Hall–Kier alpha value is -1.16. The summed E-state index contributed by atoms with van der Waals surface area (Å²) in [6.45, 7) is 0. The fourth-order valence-corrected chi connectivity index (χ4v) is 1.11. The van der Waals surface area contributed by atoms with Gasteiger partial charge in [0.1, 0.15) is 0 Å². The van der Waals surface area contributed by atoms with Crippen LogP contribution >= 0.6 is 11.5 Å². The molecule has 0 radical (unpaired) electrons. The Balaban J connectivity index is 2.43. The number of carboxylic acid groups (broad SMARTS) is 1. The monoisotopic (exact) mass is 169 g/mol. The SMILES string of the molecule is O=C(O)CC=Cc1ccns1. The van der Waals surface area contributed by atoms with Crippen molar-refractivity contribution in [3.05, 3.63) is 23.2 Å². The molecule has 0 fully saturated rings. The Morgan fingerprint density at radius 3 is 3.18 bits per heavy atom. The first kappa shape index (κ1) is 7.94. The molecule has 0 saturated heterocycles. The van der Waals surface area contributed by atoms with Crippen LogP contribution in [0, 0.1) is 0 Å². The van der Waals surface area contributed by atoms with Crippen molar-refractivity contribution in [1.29, 1.82) is 0 Å². The zero-order valence-electron chi connectivity index (χ0n) is 5.73. The average Bonchev–Trinajstić information content (AvgIpc) is 2.39. The van der Waals surface area contributed by atoms with Gasteiger partial charge in [-0.2, -0.15) is 0 Å². The first-order chi connectivity index (χ1) is 5.29. The number of rotatable bonds is 3. The van der Waals surface area contributed by atoms with Crippen LogP contribution in [0.2, 0.25) is 0 Å². The molecule has 0 aliphatic carbocycles. The van der Waals surface area contributed by atoms with Crippen LogP contribution < -0.4 is 0 Å². The maximum atomic E-state index is 10.1. The summed E-state index contributed by atoms with van der Waals surface area (Å²) in [5, 5.41) is 8.28. The molecule has 0 aliphatic heterocycles. The second-order valence-corrected chi connectivity index (χ2v) is 2.78. The highest BCUT2D eigenvalue weighted by molar-refractivity contribution is 7.06. The predicted molar refractivity (Wildman–Crippen MR) is 43.4 cm³/mol. The van der Waals surface area contributed by atoms with Crippen molar-refractivity contribution in [3.8, 4) is 0 Å². The van der Waals surface area contributed by atoms with Gasteiger partial charge in [-0.05, 0) is 23.7 Å². The van der Waals surface area contributed by atoms with E-state index in [2.05, 4.69) is 4.37 Å². The van der Waals surface area contributed by atoms with Crippen molar-refractivity contribution < 1.29 is 9.90 Å². The number of aliphatic carboxylic acids is 1. The van der Waals surface area contributed by atoms with Crippen molar-refractivity contribution in [1.82, 2.24) is 4.37 Å². The number of aromatic nitrogens is 1. The molecule has 1 aromatic heterocycles. The van der Waals surface area contributed by atoms with E-state index >= 15 is 0 Å². The highest BCUT2D eigenvalue weighted by atomic mass is 32.1. The highest BCUT2D eigenvalue weighted by Crippen LogP contribution is 2.06. The Labute approximate surface area is 68.2 Å². The smallest absolute Gasteiger partial charge is 0.307 e. The molecule has 3 nitrogen and oxygen atoms in total.